The molecule has 0 spiro atoms. The molecule has 100 valence electrons. The zero-order valence-corrected chi connectivity index (χ0v) is 11.2. The highest BCUT2D eigenvalue weighted by molar-refractivity contribution is 6.33. The Morgan fingerprint density at radius 2 is 2.21 bits per heavy atom. The molecule has 3 rings (SSSR count). The molecule has 1 aromatic heterocycles. The molecule has 0 unspecified atom stereocenters. The van der Waals surface area contributed by atoms with Crippen LogP contribution in [0.5, 0.6) is 0 Å². The first-order valence-electron chi connectivity index (χ1n) is 6.17. The molecule has 0 atom stereocenters. The largest absolute Gasteiger partial charge is 0.391 e. The second-order valence-corrected chi connectivity index (χ2v) is 5.29. The van der Waals surface area contributed by atoms with Crippen molar-refractivity contribution in [3.63, 3.8) is 0 Å². The predicted molar refractivity (Wildman–Crippen MR) is 69.5 cm³/mol. The van der Waals surface area contributed by atoms with Crippen LogP contribution < -0.4 is 0 Å². The number of hydrogen-bond acceptors (Lipinski definition) is 3. The third-order valence-electron chi connectivity index (χ3n) is 3.41. The van der Waals surface area contributed by atoms with E-state index >= 15 is 0 Å². The van der Waals surface area contributed by atoms with E-state index < -0.39 is 0 Å². The van der Waals surface area contributed by atoms with E-state index in [1.54, 1.807) is 6.92 Å². The molecule has 0 bridgehead atoms. The van der Waals surface area contributed by atoms with Gasteiger partial charge in [0.2, 0.25) is 0 Å². The third kappa shape index (κ3) is 2.15. The summed E-state index contributed by atoms with van der Waals surface area (Å²) in [7, 11) is 0. The van der Waals surface area contributed by atoms with Crippen molar-refractivity contribution in [1.82, 2.24) is 5.16 Å². The van der Waals surface area contributed by atoms with Gasteiger partial charge in [0.1, 0.15) is 17.3 Å². The zero-order chi connectivity index (χ0) is 13.6. The number of aliphatic hydroxyl groups is 1. The maximum atomic E-state index is 13.3. The van der Waals surface area contributed by atoms with Gasteiger partial charge in [-0.25, -0.2) is 4.39 Å². The molecule has 1 heterocycles. The summed E-state index contributed by atoms with van der Waals surface area (Å²) in [6, 6.07) is 2.64. The van der Waals surface area contributed by atoms with Gasteiger partial charge in [0.05, 0.1) is 11.6 Å². The average Bonchev–Trinajstić information content (AvgIpc) is 3.09. The van der Waals surface area contributed by atoms with E-state index in [1.165, 1.54) is 12.1 Å². The van der Waals surface area contributed by atoms with Gasteiger partial charge in [-0.2, -0.15) is 0 Å². The topological polar surface area (TPSA) is 46.3 Å². The van der Waals surface area contributed by atoms with Gasteiger partial charge in [-0.3, -0.25) is 0 Å². The van der Waals surface area contributed by atoms with Gasteiger partial charge in [-0.05, 0) is 37.5 Å². The fraction of sp³-hybridized carbons (Fsp3) is 0.357. The summed E-state index contributed by atoms with van der Waals surface area (Å²) in [5.41, 5.74) is 2.49. The van der Waals surface area contributed by atoms with Crippen LogP contribution in [0.1, 0.15) is 35.6 Å². The molecule has 19 heavy (non-hydrogen) atoms. The summed E-state index contributed by atoms with van der Waals surface area (Å²) in [5, 5.41) is 13.9. The molecule has 1 aliphatic rings. The Kier molecular flexibility index (Phi) is 3.07. The van der Waals surface area contributed by atoms with Crippen LogP contribution in [0.25, 0.3) is 11.3 Å². The SMILES string of the molecule is Cc1cc(F)cc(Cl)c1-c1noc(C2CC2)c1CO. The zero-order valence-electron chi connectivity index (χ0n) is 10.4. The fourth-order valence-electron chi connectivity index (χ4n) is 2.34. The Morgan fingerprint density at radius 1 is 1.47 bits per heavy atom. The van der Waals surface area contributed by atoms with Gasteiger partial charge >= 0.3 is 0 Å². The number of aryl methyl sites for hydroxylation is 1. The number of hydrogen-bond donors (Lipinski definition) is 1. The lowest BCUT2D eigenvalue weighted by Gasteiger charge is -2.07. The van der Waals surface area contributed by atoms with E-state index in [-0.39, 0.29) is 17.4 Å². The van der Waals surface area contributed by atoms with Crippen molar-refractivity contribution in [1.29, 1.82) is 0 Å². The molecule has 1 N–H and O–H groups in total. The number of nitrogens with zero attached hydrogens (tertiary/aromatic N) is 1. The van der Waals surface area contributed by atoms with Crippen molar-refractivity contribution in [2.75, 3.05) is 0 Å². The van der Waals surface area contributed by atoms with E-state index in [1.807, 2.05) is 0 Å². The van der Waals surface area contributed by atoms with Crippen molar-refractivity contribution in [2.45, 2.75) is 32.3 Å². The lowest BCUT2D eigenvalue weighted by molar-refractivity contribution is 0.277. The predicted octanol–water partition coefficient (Wildman–Crippen LogP) is 3.81. The Morgan fingerprint density at radius 3 is 2.79 bits per heavy atom. The van der Waals surface area contributed by atoms with E-state index in [2.05, 4.69) is 5.16 Å². The quantitative estimate of drug-likeness (QED) is 0.930. The standard InChI is InChI=1S/C14H13ClFNO2/c1-7-4-9(16)5-11(15)12(7)13-10(6-18)14(19-17-13)8-2-3-8/h4-5,8,18H,2-3,6H2,1H3. The average molecular weight is 282 g/mol. The number of aromatic nitrogens is 1. The van der Waals surface area contributed by atoms with Gasteiger partial charge in [-0.1, -0.05) is 16.8 Å². The van der Waals surface area contributed by atoms with Gasteiger partial charge in [0.15, 0.2) is 0 Å². The van der Waals surface area contributed by atoms with Crippen molar-refractivity contribution < 1.29 is 14.0 Å². The number of benzene rings is 1. The minimum atomic E-state index is -0.386. The van der Waals surface area contributed by atoms with Gasteiger partial charge in [-0.15, -0.1) is 0 Å². The highest BCUT2D eigenvalue weighted by Gasteiger charge is 2.32. The van der Waals surface area contributed by atoms with Crippen LogP contribution in [0.2, 0.25) is 5.02 Å². The highest BCUT2D eigenvalue weighted by atomic mass is 35.5. The Labute approximate surface area is 115 Å². The van der Waals surface area contributed by atoms with Crippen LogP contribution in [0.4, 0.5) is 4.39 Å². The van der Waals surface area contributed by atoms with E-state index in [4.69, 9.17) is 16.1 Å². The summed E-state index contributed by atoms with van der Waals surface area (Å²) in [6.45, 7) is 1.61. The van der Waals surface area contributed by atoms with E-state index in [0.717, 1.165) is 18.6 Å². The normalized spacial score (nSPS) is 14.9. The van der Waals surface area contributed by atoms with Crippen LogP contribution >= 0.6 is 11.6 Å². The minimum absolute atomic E-state index is 0.155. The van der Waals surface area contributed by atoms with Crippen LogP contribution in [-0.2, 0) is 6.61 Å². The first kappa shape index (κ1) is 12.6. The monoisotopic (exact) mass is 281 g/mol. The molecule has 1 saturated carbocycles. The Hall–Kier alpha value is -1.39. The molecular formula is C14H13ClFNO2. The maximum Gasteiger partial charge on any atom is 0.145 e. The number of rotatable bonds is 3. The lowest BCUT2D eigenvalue weighted by Crippen LogP contribution is -1.94. The first-order valence-corrected chi connectivity index (χ1v) is 6.55. The Bertz CT molecular complexity index is 611. The smallest absolute Gasteiger partial charge is 0.145 e. The van der Waals surface area contributed by atoms with Crippen molar-refractivity contribution in [3.8, 4) is 11.3 Å². The maximum absolute atomic E-state index is 13.3. The first-order chi connectivity index (χ1) is 9.11. The molecular weight excluding hydrogens is 269 g/mol. The lowest BCUT2D eigenvalue weighted by atomic mass is 10.0. The number of halogens is 2. The van der Waals surface area contributed by atoms with Crippen molar-refractivity contribution in [3.05, 3.63) is 39.9 Å². The second kappa shape index (κ2) is 4.62. The number of aliphatic hydroxyl groups excluding tert-OH is 1. The second-order valence-electron chi connectivity index (χ2n) is 4.89. The molecule has 5 heteroatoms. The molecule has 0 radical (unpaired) electrons. The van der Waals surface area contributed by atoms with Crippen LogP contribution in [0, 0.1) is 12.7 Å². The minimum Gasteiger partial charge on any atom is -0.391 e. The van der Waals surface area contributed by atoms with Crippen molar-refractivity contribution >= 4 is 11.6 Å². The molecule has 3 nitrogen and oxygen atoms in total. The summed E-state index contributed by atoms with van der Waals surface area (Å²) in [6.07, 6.45) is 2.11. The Balaban J connectivity index is 2.17. The molecule has 0 aliphatic heterocycles. The van der Waals surface area contributed by atoms with Crippen LogP contribution in [0.15, 0.2) is 16.7 Å². The summed E-state index contributed by atoms with van der Waals surface area (Å²) in [4.78, 5) is 0. The summed E-state index contributed by atoms with van der Waals surface area (Å²) in [5.74, 6) is 0.697. The molecule has 0 amide bonds. The van der Waals surface area contributed by atoms with Crippen LogP contribution in [-0.4, -0.2) is 10.3 Å². The van der Waals surface area contributed by atoms with Gasteiger partial charge in [0, 0.05) is 17.0 Å². The van der Waals surface area contributed by atoms with Gasteiger partial charge < -0.3 is 9.63 Å². The third-order valence-corrected chi connectivity index (χ3v) is 3.71. The fourth-order valence-corrected chi connectivity index (χ4v) is 2.68. The summed E-state index contributed by atoms with van der Waals surface area (Å²) < 4.78 is 18.6. The molecule has 1 fully saturated rings. The van der Waals surface area contributed by atoms with Crippen molar-refractivity contribution in [2.24, 2.45) is 0 Å². The van der Waals surface area contributed by atoms with Crippen LogP contribution in [0.3, 0.4) is 0 Å². The molecule has 1 aliphatic carbocycles. The summed E-state index contributed by atoms with van der Waals surface area (Å²) >= 11 is 6.10. The van der Waals surface area contributed by atoms with E-state index in [9.17, 15) is 9.50 Å². The molecule has 1 aromatic carbocycles. The molecule has 2 aromatic rings. The highest BCUT2D eigenvalue weighted by Crippen LogP contribution is 2.45. The molecule has 0 saturated heterocycles. The van der Waals surface area contributed by atoms with Gasteiger partial charge in [0.25, 0.3) is 0 Å². The van der Waals surface area contributed by atoms with E-state index in [0.29, 0.717) is 28.3 Å².